The number of ether oxygens (including phenoxy) is 1. The Kier molecular flexibility index (Phi) is 4.12. The number of carbonyl (C=O) groups is 1. The number of fused-ring (bicyclic) bond motifs is 1. The van der Waals surface area contributed by atoms with Gasteiger partial charge in [0.15, 0.2) is 0 Å². The van der Waals surface area contributed by atoms with E-state index >= 15 is 0 Å². The molecular weight excluding hydrogens is 348 g/mol. The van der Waals surface area contributed by atoms with Crippen molar-refractivity contribution < 1.29 is 13.9 Å². The maximum absolute atomic E-state index is 12.2. The van der Waals surface area contributed by atoms with Gasteiger partial charge in [0, 0.05) is 10.9 Å². The fraction of sp³-hybridized carbons (Fsp3) is 0.200. The van der Waals surface area contributed by atoms with Gasteiger partial charge >= 0.3 is 5.97 Å². The summed E-state index contributed by atoms with van der Waals surface area (Å²) in [6.07, 6.45) is 0. The first-order valence-corrected chi connectivity index (χ1v) is 9.13. The zero-order valence-electron chi connectivity index (χ0n) is 14.8. The zero-order chi connectivity index (χ0) is 18.3. The van der Waals surface area contributed by atoms with E-state index < -0.39 is 0 Å². The number of rotatable bonds is 4. The molecule has 132 valence electrons. The molecule has 1 aromatic carbocycles. The molecule has 0 N–H and O–H groups in total. The van der Waals surface area contributed by atoms with E-state index in [0.29, 0.717) is 18.1 Å². The molecule has 3 aromatic heterocycles. The van der Waals surface area contributed by atoms with Crippen LogP contribution in [0.25, 0.3) is 21.7 Å². The highest BCUT2D eigenvalue weighted by molar-refractivity contribution is 7.16. The molecule has 0 fully saturated rings. The Labute approximate surface area is 154 Å². The van der Waals surface area contributed by atoms with E-state index in [-0.39, 0.29) is 5.97 Å². The first-order chi connectivity index (χ1) is 12.6. The normalized spacial score (nSPS) is 11.2. The van der Waals surface area contributed by atoms with Gasteiger partial charge in [-0.1, -0.05) is 17.7 Å². The van der Waals surface area contributed by atoms with Gasteiger partial charge in [0.1, 0.15) is 22.0 Å². The van der Waals surface area contributed by atoms with Crippen molar-refractivity contribution in [2.45, 2.75) is 20.4 Å². The molecule has 0 atom stereocenters. The molecule has 0 aliphatic carbocycles. The van der Waals surface area contributed by atoms with Gasteiger partial charge < -0.3 is 13.7 Å². The molecule has 26 heavy (non-hydrogen) atoms. The number of thiophene rings is 1. The number of aryl methyl sites for hydroxylation is 2. The molecule has 0 aliphatic heterocycles. The second kappa shape index (κ2) is 6.46. The summed E-state index contributed by atoms with van der Waals surface area (Å²) < 4.78 is 12.7. The van der Waals surface area contributed by atoms with Crippen molar-refractivity contribution in [3.63, 3.8) is 0 Å². The van der Waals surface area contributed by atoms with Crippen LogP contribution in [-0.2, 0) is 11.3 Å². The van der Waals surface area contributed by atoms with Gasteiger partial charge in [0.25, 0.3) is 0 Å². The highest BCUT2D eigenvalue weighted by atomic mass is 32.1. The zero-order valence-corrected chi connectivity index (χ0v) is 15.6. The van der Waals surface area contributed by atoms with Crippen LogP contribution in [-0.4, -0.2) is 22.6 Å². The van der Waals surface area contributed by atoms with Crippen LogP contribution in [0.1, 0.15) is 27.5 Å². The van der Waals surface area contributed by atoms with Gasteiger partial charge in [-0.05, 0) is 43.5 Å². The van der Waals surface area contributed by atoms with Gasteiger partial charge in [0.05, 0.1) is 13.7 Å². The van der Waals surface area contributed by atoms with E-state index in [1.165, 1.54) is 12.7 Å². The molecule has 3 heterocycles. The second-order valence-electron chi connectivity index (χ2n) is 6.18. The van der Waals surface area contributed by atoms with Gasteiger partial charge in [0.2, 0.25) is 5.89 Å². The van der Waals surface area contributed by atoms with Gasteiger partial charge in [-0.25, -0.2) is 9.78 Å². The number of aromatic nitrogens is 2. The summed E-state index contributed by atoms with van der Waals surface area (Å²) in [6, 6.07) is 11.9. The summed E-state index contributed by atoms with van der Waals surface area (Å²) in [4.78, 5) is 17.8. The summed E-state index contributed by atoms with van der Waals surface area (Å²) in [6.45, 7) is 4.39. The molecule has 0 spiro atoms. The lowest BCUT2D eigenvalue weighted by Gasteiger charge is -2.07. The van der Waals surface area contributed by atoms with Crippen LogP contribution < -0.4 is 0 Å². The molecule has 0 saturated carbocycles. The summed E-state index contributed by atoms with van der Waals surface area (Å²) in [5.41, 5.74) is 3.45. The number of carbonyl (C=O) groups excluding carboxylic acids is 1. The smallest absolute Gasteiger partial charge is 0.354 e. The SMILES string of the molecule is COC(=O)c1cc2ccsc2n1Cc1nc(-c2ccc(C)cc2)oc1C. The molecule has 0 unspecified atom stereocenters. The minimum atomic E-state index is -0.353. The fourth-order valence-electron chi connectivity index (χ4n) is 2.95. The second-order valence-corrected chi connectivity index (χ2v) is 7.07. The molecule has 6 heteroatoms. The maximum atomic E-state index is 12.2. The number of benzene rings is 1. The molecule has 4 rings (SSSR count). The third-order valence-electron chi connectivity index (χ3n) is 4.40. The van der Waals surface area contributed by atoms with E-state index in [1.54, 1.807) is 11.3 Å². The Morgan fingerprint density at radius 1 is 1.23 bits per heavy atom. The number of nitrogens with zero attached hydrogens (tertiary/aromatic N) is 2. The topological polar surface area (TPSA) is 57.3 Å². The number of esters is 1. The van der Waals surface area contributed by atoms with E-state index in [2.05, 4.69) is 4.98 Å². The first kappa shape index (κ1) is 16.6. The number of oxazole rings is 1. The van der Waals surface area contributed by atoms with Crippen molar-refractivity contribution in [3.05, 3.63) is 64.5 Å². The number of hydrogen-bond acceptors (Lipinski definition) is 5. The maximum Gasteiger partial charge on any atom is 0.354 e. The molecule has 0 bridgehead atoms. The minimum Gasteiger partial charge on any atom is -0.464 e. The molecule has 0 amide bonds. The summed E-state index contributed by atoms with van der Waals surface area (Å²) >= 11 is 1.59. The van der Waals surface area contributed by atoms with Crippen LogP contribution in [0.4, 0.5) is 0 Å². The van der Waals surface area contributed by atoms with Crippen molar-refractivity contribution in [2.24, 2.45) is 0 Å². The standard InChI is InChI=1S/C20H18N2O3S/c1-12-4-6-14(7-5-12)18-21-16(13(2)25-18)11-22-17(20(23)24-3)10-15-8-9-26-19(15)22/h4-10H,11H2,1-3H3. The fourth-order valence-corrected chi connectivity index (χ4v) is 3.85. The van der Waals surface area contributed by atoms with E-state index in [9.17, 15) is 4.79 Å². The van der Waals surface area contributed by atoms with Gasteiger partial charge in [-0.3, -0.25) is 0 Å². The van der Waals surface area contributed by atoms with Crippen LogP contribution in [0.3, 0.4) is 0 Å². The number of hydrogen-bond donors (Lipinski definition) is 0. The average molecular weight is 366 g/mol. The third kappa shape index (κ3) is 2.82. The highest BCUT2D eigenvalue weighted by Crippen LogP contribution is 2.28. The lowest BCUT2D eigenvalue weighted by atomic mass is 10.1. The minimum absolute atomic E-state index is 0.353. The van der Waals surface area contributed by atoms with Crippen LogP contribution >= 0.6 is 11.3 Å². The third-order valence-corrected chi connectivity index (χ3v) is 5.35. The quantitative estimate of drug-likeness (QED) is 0.486. The van der Waals surface area contributed by atoms with Crippen molar-refractivity contribution in [3.8, 4) is 11.5 Å². The molecule has 0 radical (unpaired) electrons. The van der Waals surface area contributed by atoms with Crippen molar-refractivity contribution >= 4 is 27.5 Å². The van der Waals surface area contributed by atoms with Gasteiger partial charge in [-0.15, -0.1) is 11.3 Å². The first-order valence-electron chi connectivity index (χ1n) is 8.25. The molecule has 0 saturated heterocycles. The van der Waals surface area contributed by atoms with Crippen molar-refractivity contribution in [2.75, 3.05) is 7.11 Å². The average Bonchev–Trinajstić information content (AvgIpc) is 3.32. The predicted octanol–water partition coefficient (Wildman–Crippen LogP) is 4.81. The largest absolute Gasteiger partial charge is 0.464 e. The van der Waals surface area contributed by atoms with Crippen LogP contribution in [0.15, 0.2) is 46.2 Å². The molecule has 5 nitrogen and oxygen atoms in total. The predicted molar refractivity (Wildman–Crippen MR) is 102 cm³/mol. The molecular formula is C20H18N2O3S. The van der Waals surface area contributed by atoms with E-state index in [0.717, 1.165) is 27.2 Å². The highest BCUT2D eigenvalue weighted by Gasteiger charge is 2.20. The Hall–Kier alpha value is -2.86. The Balaban J connectivity index is 1.74. The molecule has 0 aliphatic rings. The summed E-state index contributed by atoms with van der Waals surface area (Å²) in [7, 11) is 1.39. The number of methoxy groups -OCH3 is 1. The van der Waals surface area contributed by atoms with Crippen molar-refractivity contribution in [1.29, 1.82) is 0 Å². The lowest BCUT2D eigenvalue weighted by Crippen LogP contribution is -2.11. The van der Waals surface area contributed by atoms with Gasteiger partial charge in [-0.2, -0.15) is 0 Å². The van der Waals surface area contributed by atoms with Crippen LogP contribution in [0.2, 0.25) is 0 Å². The van der Waals surface area contributed by atoms with Crippen LogP contribution in [0.5, 0.6) is 0 Å². The van der Waals surface area contributed by atoms with E-state index in [1.807, 2.05) is 60.2 Å². The van der Waals surface area contributed by atoms with Crippen molar-refractivity contribution in [1.82, 2.24) is 9.55 Å². The monoisotopic (exact) mass is 366 g/mol. The summed E-state index contributed by atoms with van der Waals surface area (Å²) in [5, 5.41) is 3.03. The van der Waals surface area contributed by atoms with E-state index in [4.69, 9.17) is 9.15 Å². The Bertz CT molecular complexity index is 1090. The lowest BCUT2D eigenvalue weighted by molar-refractivity contribution is 0.0589. The summed E-state index contributed by atoms with van der Waals surface area (Å²) in [5.74, 6) is 0.981. The molecule has 4 aromatic rings. The van der Waals surface area contributed by atoms with Crippen LogP contribution in [0, 0.1) is 13.8 Å². The Morgan fingerprint density at radius 3 is 2.73 bits per heavy atom. The Morgan fingerprint density at radius 2 is 2.00 bits per heavy atom.